The Hall–Kier alpha value is -2.64. The van der Waals surface area contributed by atoms with Crippen molar-refractivity contribution in [3.63, 3.8) is 0 Å². The number of benzene rings is 1. The summed E-state index contributed by atoms with van der Waals surface area (Å²) in [5.74, 6) is -0.613. The second-order valence-electron chi connectivity index (χ2n) is 8.05. The van der Waals surface area contributed by atoms with E-state index in [0.29, 0.717) is 11.8 Å². The van der Waals surface area contributed by atoms with Gasteiger partial charge in [0.2, 0.25) is 5.82 Å². The van der Waals surface area contributed by atoms with Crippen molar-refractivity contribution in [3.8, 4) is 0 Å². The molecule has 2 bridgehead atoms. The molecule has 0 saturated heterocycles. The van der Waals surface area contributed by atoms with Crippen LogP contribution < -0.4 is 5.43 Å². The van der Waals surface area contributed by atoms with Crippen molar-refractivity contribution in [3.05, 3.63) is 41.7 Å². The van der Waals surface area contributed by atoms with Gasteiger partial charge in [-0.05, 0) is 47.8 Å². The molecule has 1 saturated carbocycles. The van der Waals surface area contributed by atoms with Gasteiger partial charge in [0, 0.05) is 0 Å². The van der Waals surface area contributed by atoms with E-state index in [1.807, 2.05) is 0 Å². The minimum absolute atomic E-state index is 0.195. The van der Waals surface area contributed by atoms with Crippen LogP contribution in [0.1, 0.15) is 32.5 Å². The summed E-state index contributed by atoms with van der Waals surface area (Å²) in [4.78, 5) is 15.9. The van der Waals surface area contributed by atoms with Gasteiger partial charge in [-0.2, -0.15) is 18.3 Å². The third kappa shape index (κ3) is 3.10. The van der Waals surface area contributed by atoms with Crippen molar-refractivity contribution in [2.24, 2.45) is 22.4 Å². The van der Waals surface area contributed by atoms with Crippen molar-refractivity contribution in [1.82, 2.24) is 15.0 Å². The average Bonchev–Trinajstić information content (AvgIpc) is 3.01. The van der Waals surface area contributed by atoms with Gasteiger partial charge in [0.25, 0.3) is 5.91 Å². The summed E-state index contributed by atoms with van der Waals surface area (Å²) in [5.41, 5.74) is 4.11. The number of carbonyl (C=O) groups is 1. The third-order valence-electron chi connectivity index (χ3n) is 6.12. The van der Waals surface area contributed by atoms with Crippen LogP contribution in [-0.4, -0.2) is 21.7 Å². The topological polar surface area (TPSA) is 59.3 Å². The molecule has 0 spiro atoms. The monoisotopic (exact) mass is 390 g/mol. The van der Waals surface area contributed by atoms with Crippen LogP contribution in [0.4, 0.5) is 13.2 Å². The van der Waals surface area contributed by atoms with Crippen molar-refractivity contribution >= 4 is 23.2 Å². The lowest BCUT2D eigenvalue weighted by atomic mass is 9.49. The number of hydrogen-bond donors (Lipinski definition) is 1. The molecule has 1 aromatic carbocycles. The fourth-order valence-corrected chi connectivity index (χ4v) is 4.35. The molecular formula is C20H21F3N4O. The molecule has 3 aliphatic carbocycles. The molecule has 5 rings (SSSR count). The molecule has 0 aliphatic heterocycles. The predicted molar refractivity (Wildman–Crippen MR) is 99.4 cm³/mol. The molecule has 1 fully saturated rings. The van der Waals surface area contributed by atoms with Crippen LogP contribution in [0.15, 0.2) is 41.0 Å². The summed E-state index contributed by atoms with van der Waals surface area (Å²) in [6, 6.07) is 6.21. The van der Waals surface area contributed by atoms with E-state index in [1.165, 1.54) is 12.1 Å². The lowest BCUT2D eigenvalue weighted by Crippen LogP contribution is -2.48. The molecule has 1 heterocycles. The summed E-state index contributed by atoms with van der Waals surface area (Å²) in [6.45, 7) is 3.95. The molecular weight excluding hydrogens is 369 g/mol. The number of alkyl halides is 3. The van der Waals surface area contributed by atoms with Gasteiger partial charge in [-0.15, -0.1) is 0 Å². The maximum atomic E-state index is 13.3. The van der Waals surface area contributed by atoms with Crippen LogP contribution in [0.25, 0.3) is 11.0 Å². The lowest BCUT2D eigenvalue weighted by molar-refractivity contribution is -0.147. The van der Waals surface area contributed by atoms with Gasteiger partial charge in [0.05, 0.1) is 17.2 Å². The number of nitrogens with zero attached hydrogens (tertiary/aromatic N) is 3. The van der Waals surface area contributed by atoms with Crippen LogP contribution in [-0.2, 0) is 17.5 Å². The third-order valence-corrected chi connectivity index (χ3v) is 6.12. The molecule has 2 aromatic rings. The molecule has 2 atom stereocenters. The SMILES string of the molecule is CC1(C)[C@H]2CC=C(/C=N\NC(=O)Cn3c(C(F)(F)F)nc4ccccc43)[C@H]1C2. The summed E-state index contributed by atoms with van der Waals surface area (Å²) in [5, 5.41) is 3.98. The normalized spacial score (nSPS) is 23.5. The summed E-state index contributed by atoms with van der Waals surface area (Å²) >= 11 is 0. The highest BCUT2D eigenvalue weighted by Crippen LogP contribution is 2.58. The standard InChI is InChI=1S/C20H21F3N4O/c1-19(2)13-8-7-12(14(19)9-13)10-24-26-17(28)11-27-16-6-4-3-5-15(16)25-18(27)20(21,22)23/h3-7,10,13-14H,8-9,11H2,1-2H3,(H,26,28)/b24-10-/t13-,14+/m0/s1. The minimum Gasteiger partial charge on any atom is -0.311 e. The number of amides is 1. The Balaban J connectivity index is 1.48. The van der Waals surface area contributed by atoms with E-state index in [0.717, 1.165) is 23.0 Å². The molecule has 148 valence electrons. The van der Waals surface area contributed by atoms with Gasteiger partial charge in [-0.25, -0.2) is 10.4 Å². The number of allylic oxidation sites excluding steroid dienone is 2. The zero-order valence-electron chi connectivity index (χ0n) is 15.6. The number of para-hydroxylation sites is 2. The summed E-state index contributed by atoms with van der Waals surface area (Å²) < 4.78 is 40.8. The van der Waals surface area contributed by atoms with Gasteiger partial charge in [0.1, 0.15) is 6.54 Å². The van der Waals surface area contributed by atoms with E-state index in [4.69, 9.17) is 0 Å². The highest BCUT2D eigenvalue weighted by atomic mass is 19.4. The van der Waals surface area contributed by atoms with E-state index in [-0.39, 0.29) is 16.4 Å². The van der Waals surface area contributed by atoms with Crippen LogP contribution in [0.3, 0.4) is 0 Å². The molecule has 1 amide bonds. The first kappa shape index (κ1) is 18.7. The number of aromatic nitrogens is 2. The zero-order chi connectivity index (χ0) is 20.1. The molecule has 1 N–H and O–H groups in total. The largest absolute Gasteiger partial charge is 0.449 e. The van der Waals surface area contributed by atoms with Gasteiger partial charge in [-0.1, -0.05) is 32.1 Å². The second kappa shape index (κ2) is 6.46. The first-order valence-corrected chi connectivity index (χ1v) is 9.22. The number of nitrogens with one attached hydrogen (secondary N) is 1. The fourth-order valence-electron chi connectivity index (χ4n) is 4.35. The zero-order valence-corrected chi connectivity index (χ0v) is 15.6. The van der Waals surface area contributed by atoms with Crippen LogP contribution in [0.5, 0.6) is 0 Å². The number of rotatable bonds is 4. The van der Waals surface area contributed by atoms with E-state index < -0.39 is 24.5 Å². The predicted octanol–water partition coefficient (Wildman–Crippen LogP) is 4.15. The van der Waals surface area contributed by atoms with E-state index in [9.17, 15) is 18.0 Å². The number of imidazole rings is 1. The maximum absolute atomic E-state index is 13.3. The van der Waals surface area contributed by atoms with Gasteiger partial charge in [-0.3, -0.25) is 4.79 Å². The molecule has 0 radical (unpaired) electrons. The number of carbonyl (C=O) groups excluding carboxylic acids is 1. The van der Waals surface area contributed by atoms with E-state index in [1.54, 1.807) is 18.3 Å². The summed E-state index contributed by atoms with van der Waals surface area (Å²) in [7, 11) is 0. The lowest BCUT2D eigenvalue weighted by Gasteiger charge is -2.55. The van der Waals surface area contributed by atoms with E-state index >= 15 is 0 Å². The second-order valence-corrected chi connectivity index (χ2v) is 8.05. The minimum atomic E-state index is -4.65. The first-order valence-electron chi connectivity index (χ1n) is 9.22. The van der Waals surface area contributed by atoms with Crippen molar-refractivity contribution in [1.29, 1.82) is 0 Å². The average molecular weight is 390 g/mol. The van der Waals surface area contributed by atoms with Gasteiger partial charge >= 0.3 is 6.18 Å². The number of hydrogen-bond acceptors (Lipinski definition) is 3. The van der Waals surface area contributed by atoms with Crippen LogP contribution in [0, 0.1) is 17.3 Å². The Kier molecular flexibility index (Phi) is 4.32. The smallest absolute Gasteiger partial charge is 0.311 e. The Labute approximate surface area is 160 Å². The number of fused-ring (bicyclic) bond motifs is 2. The van der Waals surface area contributed by atoms with Crippen molar-refractivity contribution in [2.45, 2.75) is 39.4 Å². The van der Waals surface area contributed by atoms with Gasteiger partial charge in [0.15, 0.2) is 0 Å². The summed E-state index contributed by atoms with van der Waals surface area (Å²) in [6.07, 6.45) is 1.21. The Morgan fingerprint density at radius 2 is 2.14 bits per heavy atom. The number of hydrazone groups is 1. The maximum Gasteiger partial charge on any atom is 0.449 e. The Bertz CT molecular complexity index is 987. The molecule has 5 nitrogen and oxygen atoms in total. The highest BCUT2D eigenvalue weighted by Gasteiger charge is 2.50. The van der Waals surface area contributed by atoms with Crippen LogP contribution in [0.2, 0.25) is 0 Å². The highest BCUT2D eigenvalue weighted by molar-refractivity contribution is 5.84. The van der Waals surface area contributed by atoms with E-state index in [2.05, 4.69) is 35.4 Å². The molecule has 28 heavy (non-hydrogen) atoms. The quantitative estimate of drug-likeness (QED) is 0.630. The molecule has 8 heteroatoms. The van der Waals surface area contributed by atoms with Crippen LogP contribution >= 0.6 is 0 Å². The van der Waals surface area contributed by atoms with Gasteiger partial charge < -0.3 is 4.57 Å². The number of halogens is 3. The molecule has 3 aliphatic rings. The van der Waals surface area contributed by atoms with Crippen molar-refractivity contribution in [2.75, 3.05) is 0 Å². The van der Waals surface area contributed by atoms with Crippen molar-refractivity contribution < 1.29 is 18.0 Å². The fraction of sp³-hybridized carbons (Fsp3) is 0.450. The Morgan fingerprint density at radius 1 is 1.39 bits per heavy atom. The Morgan fingerprint density at radius 3 is 2.82 bits per heavy atom. The first-order chi connectivity index (χ1) is 13.2. The molecule has 1 aromatic heterocycles. The molecule has 0 unspecified atom stereocenters.